The van der Waals surface area contributed by atoms with Gasteiger partial charge < -0.3 is 11.1 Å². The van der Waals surface area contributed by atoms with Gasteiger partial charge in [0, 0.05) is 12.2 Å². The van der Waals surface area contributed by atoms with Crippen LogP contribution in [0.25, 0.3) is 0 Å². The number of nitrogens with zero attached hydrogens (tertiary/aromatic N) is 1. The van der Waals surface area contributed by atoms with Gasteiger partial charge in [-0.05, 0) is 43.9 Å². The lowest BCUT2D eigenvalue weighted by Gasteiger charge is -2.17. The van der Waals surface area contributed by atoms with E-state index in [9.17, 15) is 0 Å². The van der Waals surface area contributed by atoms with E-state index in [0.717, 1.165) is 29.1 Å². The lowest BCUT2D eigenvalue weighted by molar-refractivity contribution is 0.766. The molecule has 0 saturated heterocycles. The van der Waals surface area contributed by atoms with Gasteiger partial charge in [-0.2, -0.15) is 11.8 Å². The minimum Gasteiger partial charge on any atom is -0.389 e. The van der Waals surface area contributed by atoms with Gasteiger partial charge in [0.2, 0.25) is 0 Å². The molecule has 17 heavy (non-hydrogen) atoms. The van der Waals surface area contributed by atoms with Crippen molar-refractivity contribution in [2.75, 3.05) is 17.3 Å². The lowest BCUT2D eigenvalue weighted by Crippen LogP contribution is -2.21. The van der Waals surface area contributed by atoms with E-state index in [1.54, 1.807) is 6.20 Å². The van der Waals surface area contributed by atoms with Crippen LogP contribution in [0.15, 0.2) is 12.3 Å². The number of nitrogens with one attached hydrogen (secondary N) is 1. The zero-order valence-electron chi connectivity index (χ0n) is 10.5. The molecule has 1 atom stereocenters. The molecule has 0 spiro atoms. The number of anilines is 1. The predicted molar refractivity (Wildman–Crippen MR) is 80.9 cm³/mol. The van der Waals surface area contributed by atoms with Crippen molar-refractivity contribution in [2.24, 2.45) is 5.73 Å². The Morgan fingerprint density at radius 2 is 2.35 bits per heavy atom. The van der Waals surface area contributed by atoms with Crippen LogP contribution in [0, 0.1) is 6.92 Å². The average molecular weight is 269 g/mol. The lowest BCUT2D eigenvalue weighted by atomic mass is 10.1. The Morgan fingerprint density at radius 1 is 1.65 bits per heavy atom. The highest BCUT2D eigenvalue weighted by atomic mass is 32.2. The van der Waals surface area contributed by atoms with Crippen LogP contribution in [0.3, 0.4) is 0 Å². The fraction of sp³-hybridized carbons (Fsp3) is 0.500. The van der Waals surface area contributed by atoms with E-state index < -0.39 is 0 Å². The third-order valence-electron chi connectivity index (χ3n) is 2.54. The zero-order chi connectivity index (χ0) is 12.8. The third-order valence-corrected chi connectivity index (χ3v) is 3.39. The molecule has 3 nitrogen and oxygen atoms in total. The number of thioether (sulfide) groups is 1. The number of pyridine rings is 1. The minimum atomic E-state index is 0.366. The molecule has 3 N–H and O–H groups in total. The highest BCUT2D eigenvalue weighted by Gasteiger charge is 2.11. The molecule has 0 aromatic carbocycles. The van der Waals surface area contributed by atoms with Gasteiger partial charge in [-0.1, -0.05) is 12.2 Å². The van der Waals surface area contributed by atoms with Crippen LogP contribution >= 0.6 is 24.0 Å². The molecule has 1 aromatic rings. The first-order valence-corrected chi connectivity index (χ1v) is 7.37. The summed E-state index contributed by atoms with van der Waals surface area (Å²) in [5.74, 6) is 1.92. The van der Waals surface area contributed by atoms with Crippen LogP contribution in [0.1, 0.15) is 24.5 Å². The van der Waals surface area contributed by atoms with Crippen LogP contribution in [0.2, 0.25) is 0 Å². The summed E-state index contributed by atoms with van der Waals surface area (Å²) >= 11 is 6.91. The molecule has 1 heterocycles. The SMILES string of the molecule is CSCCC(C)Nc1nccc(C)c1C(N)=S. The molecule has 0 aliphatic heterocycles. The number of rotatable bonds is 6. The number of hydrogen-bond acceptors (Lipinski definition) is 4. The average Bonchev–Trinajstić information content (AvgIpc) is 2.25. The number of aryl methyl sites for hydroxylation is 1. The van der Waals surface area contributed by atoms with Crippen molar-refractivity contribution in [3.05, 3.63) is 23.4 Å². The first-order chi connectivity index (χ1) is 8.06. The Balaban J connectivity index is 2.83. The topological polar surface area (TPSA) is 50.9 Å². The summed E-state index contributed by atoms with van der Waals surface area (Å²) in [4.78, 5) is 4.72. The Bertz CT molecular complexity index is 393. The van der Waals surface area contributed by atoms with Crippen LogP contribution in [-0.2, 0) is 0 Å². The first-order valence-electron chi connectivity index (χ1n) is 5.57. The number of thiocarbonyl (C=S) groups is 1. The fourth-order valence-corrected chi connectivity index (χ4v) is 2.43. The van der Waals surface area contributed by atoms with E-state index in [4.69, 9.17) is 18.0 Å². The molecular weight excluding hydrogens is 250 g/mol. The molecule has 94 valence electrons. The molecule has 1 rings (SSSR count). The van der Waals surface area contributed by atoms with Gasteiger partial charge in [0.15, 0.2) is 0 Å². The van der Waals surface area contributed by atoms with Gasteiger partial charge in [-0.15, -0.1) is 0 Å². The summed E-state index contributed by atoms with van der Waals surface area (Å²) in [5.41, 5.74) is 7.66. The van der Waals surface area contributed by atoms with E-state index in [2.05, 4.69) is 23.5 Å². The summed E-state index contributed by atoms with van der Waals surface area (Å²) in [6.45, 7) is 4.14. The maximum Gasteiger partial charge on any atom is 0.136 e. The van der Waals surface area contributed by atoms with Crippen molar-refractivity contribution in [2.45, 2.75) is 26.3 Å². The van der Waals surface area contributed by atoms with Gasteiger partial charge in [0.1, 0.15) is 10.8 Å². The maximum absolute atomic E-state index is 5.74. The summed E-state index contributed by atoms with van der Waals surface area (Å²) in [6.07, 6.45) is 4.98. The van der Waals surface area contributed by atoms with Crippen LogP contribution in [0.5, 0.6) is 0 Å². The monoisotopic (exact) mass is 269 g/mol. The normalized spacial score (nSPS) is 12.2. The molecule has 0 bridgehead atoms. The molecule has 1 aromatic heterocycles. The van der Waals surface area contributed by atoms with Crippen LogP contribution < -0.4 is 11.1 Å². The molecule has 0 amide bonds. The van der Waals surface area contributed by atoms with Gasteiger partial charge in [0.05, 0.1) is 5.56 Å². The molecule has 0 aliphatic rings. The highest BCUT2D eigenvalue weighted by Crippen LogP contribution is 2.18. The van der Waals surface area contributed by atoms with Gasteiger partial charge in [-0.3, -0.25) is 0 Å². The van der Waals surface area contributed by atoms with Crippen molar-refractivity contribution in [3.8, 4) is 0 Å². The van der Waals surface area contributed by atoms with E-state index in [1.807, 2.05) is 24.8 Å². The van der Waals surface area contributed by atoms with Crippen molar-refractivity contribution < 1.29 is 0 Å². The summed E-state index contributed by atoms with van der Waals surface area (Å²) in [5, 5.41) is 3.38. The Labute approximate surface area is 113 Å². The van der Waals surface area contributed by atoms with Crippen molar-refractivity contribution in [3.63, 3.8) is 0 Å². The molecule has 1 unspecified atom stereocenters. The van der Waals surface area contributed by atoms with Gasteiger partial charge >= 0.3 is 0 Å². The quantitative estimate of drug-likeness (QED) is 0.777. The van der Waals surface area contributed by atoms with E-state index >= 15 is 0 Å². The van der Waals surface area contributed by atoms with Crippen LogP contribution in [-0.4, -0.2) is 28.0 Å². The zero-order valence-corrected chi connectivity index (χ0v) is 12.1. The predicted octanol–water partition coefficient (Wildman–Crippen LogP) is 2.58. The van der Waals surface area contributed by atoms with Crippen molar-refractivity contribution >= 4 is 34.8 Å². The molecule has 0 fully saturated rings. The van der Waals surface area contributed by atoms with E-state index in [-0.39, 0.29) is 0 Å². The highest BCUT2D eigenvalue weighted by molar-refractivity contribution is 7.98. The smallest absolute Gasteiger partial charge is 0.136 e. The first kappa shape index (κ1) is 14.3. The Kier molecular flexibility index (Phi) is 5.71. The second-order valence-electron chi connectivity index (χ2n) is 4.04. The largest absolute Gasteiger partial charge is 0.389 e. The van der Waals surface area contributed by atoms with Crippen LogP contribution in [0.4, 0.5) is 5.82 Å². The van der Waals surface area contributed by atoms with E-state index in [0.29, 0.717) is 11.0 Å². The van der Waals surface area contributed by atoms with Crippen molar-refractivity contribution in [1.82, 2.24) is 4.98 Å². The molecule has 0 aliphatic carbocycles. The third kappa shape index (κ3) is 4.16. The number of aromatic nitrogens is 1. The molecular formula is C12H19N3S2. The molecule has 5 heteroatoms. The maximum atomic E-state index is 5.74. The molecule has 0 saturated carbocycles. The fourth-order valence-electron chi connectivity index (χ4n) is 1.58. The van der Waals surface area contributed by atoms with Gasteiger partial charge in [0.25, 0.3) is 0 Å². The Hall–Kier alpha value is -0.810. The van der Waals surface area contributed by atoms with Crippen molar-refractivity contribution in [1.29, 1.82) is 0 Å². The second kappa shape index (κ2) is 6.81. The summed E-state index contributed by atoms with van der Waals surface area (Å²) in [7, 11) is 0. The van der Waals surface area contributed by atoms with E-state index in [1.165, 1.54) is 0 Å². The van der Waals surface area contributed by atoms with Gasteiger partial charge in [-0.25, -0.2) is 4.98 Å². The standard InChI is InChI=1S/C12H19N3S2/c1-8-4-6-14-12(10(8)11(13)16)15-9(2)5-7-17-3/h4,6,9H,5,7H2,1-3H3,(H2,13,16)(H,14,15). The minimum absolute atomic E-state index is 0.366. The summed E-state index contributed by atoms with van der Waals surface area (Å²) in [6, 6.07) is 2.29. The molecule has 0 radical (unpaired) electrons. The number of hydrogen-bond donors (Lipinski definition) is 2. The number of nitrogens with two attached hydrogens (primary N) is 1. The summed E-state index contributed by atoms with van der Waals surface area (Å²) < 4.78 is 0. The Morgan fingerprint density at radius 3 is 2.94 bits per heavy atom. The second-order valence-corrected chi connectivity index (χ2v) is 5.47.